The van der Waals surface area contributed by atoms with Gasteiger partial charge in [0.15, 0.2) is 12.4 Å². The molecule has 1 aliphatic heterocycles. The molecule has 0 aromatic rings. The highest BCUT2D eigenvalue weighted by Crippen LogP contribution is 2.26. The maximum Gasteiger partial charge on any atom is 0.306 e. The first-order valence-electron chi connectivity index (χ1n) is 37.0. The van der Waals surface area contributed by atoms with Crippen molar-refractivity contribution < 1.29 is 49.3 Å². The van der Waals surface area contributed by atoms with E-state index in [0.717, 1.165) is 83.5 Å². The topological polar surface area (TPSA) is 175 Å². The van der Waals surface area contributed by atoms with E-state index < -0.39 is 67.4 Å². The van der Waals surface area contributed by atoms with E-state index in [0.29, 0.717) is 19.3 Å². The lowest BCUT2D eigenvalue weighted by Crippen LogP contribution is -2.61. The van der Waals surface area contributed by atoms with Crippen LogP contribution < -0.4 is 5.32 Å². The zero-order valence-corrected chi connectivity index (χ0v) is 57.3. The number of esters is 1. The van der Waals surface area contributed by atoms with Gasteiger partial charge in [-0.1, -0.05) is 311 Å². The van der Waals surface area contributed by atoms with Gasteiger partial charge < -0.3 is 45.1 Å². The number of ether oxygens (including phenoxy) is 3. The van der Waals surface area contributed by atoms with Crippen LogP contribution in [0.5, 0.6) is 0 Å². The minimum absolute atomic E-state index is 0.117. The highest BCUT2D eigenvalue weighted by molar-refractivity contribution is 5.80. The Bertz CT molecular complexity index is 1820. The lowest BCUT2D eigenvalue weighted by atomic mass is 9.99. The van der Waals surface area contributed by atoms with Crippen LogP contribution in [0, 0.1) is 0 Å². The number of hydrogen-bond donors (Lipinski definition) is 6. The van der Waals surface area contributed by atoms with Gasteiger partial charge in [-0.2, -0.15) is 0 Å². The molecule has 0 aromatic heterocycles. The Morgan fingerprint density at radius 1 is 0.449 bits per heavy atom. The molecule has 1 heterocycles. The van der Waals surface area contributed by atoms with Crippen LogP contribution in [-0.2, 0) is 23.8 Å². The molecule has 1 rings (SSSR count). The van der Waals surface area contributed by atoms with E-state index in [-0.39, 0.29) is 19.4 Å². The van der Waals surface area contributed by atoms with Crippen LogP contribution >= 0.6 is 0 Å². The average molecular weight is 1250 g/mol. The van der Waals surface area contributed by atoms with Crippen LogP contribution in [0.3, 0.4) is 0 Å². The van der Waals surface area contributed by atoms with Crippen molar-refractivity contribution in [2.75, 3.05) is 13.2 Å². The number of rotatable bonds is 63. The van der Waals surface area contributed by atoms with Gasteiger partial charge in [-0.05, 0) is 103 Å². The smallest absolute Gasteiger partial charge is 0.306 e. The minimum Gasteiger partial charge on any atom is -0.454 e. The van der Waals surface area contributed by atoms with Crippen molar-refractivity contribution in [1.82, 2.24) is 5.32 Å². The largest absolute Gasteiger partial charge is 0.454 e. The molecule has 1 aliphatic rings. The van der Waals surface area contributed by atoms with Crippen LogP contribution in [0.25, 0.3) is 0 Å². The number of allylic oxidation sites excluding steroid dienone is 15. The molecule has 11 nitrogen and oxygen atoms in total. The summed E-state index contributed by atoms with van der Waals surface area (Å²) in [7, 11) is 0. The van der Waals surface area contributed by atoms with E-state index in [1.165, 1.54) is 186 Å². The molecule has 0 aromatic carbocycles. The van der Waals surface area contributed by atoms with Gasteiger partial charge in [-0.25, -0.2) is 0 Å². The zero-order chi connectivity index (χ0) is 64.6. The summed E-state index contributed by atoms with van der Waals surface area (Å²) in [5.41, 5.74) is 0. The summed E-state index contributed by atoms with van der Waals surface area (Å²) in [5.74, 6) is -1.24. The maximum atomic E-state index is 13.5. The number of nitrogens with one attached hydrogen (secondary N) is 1. The Morgan fingerprint density at radius 3 is 1.22 bits per heavy atom. The third-order valence-corrected chi connectivity index (χ3v) is 17.0. The van der Waals surface area contributed by atoms with E-state index >= 15 is 0 Å². The molecule has 1 amide bonds. The van der Waals surface area contributed by atoms with E-state index in [9.17, 15) is 35.1 Å². The molecule has 0 saturated carbocycles. The Balaban J connectivity index is 2.58. The molecule has 1 saturated heterocycles. The molecule has 0 spiro atoms. The second-order valence-electron chi connectivity index (χ2n) is 25.3. The summed E-state index contributed by atoms with van der Waals surface area (Å²) in [6, 6.07) is -1.05. The van der Waals surface area contributed by atoms with Gasteiger partial charge in [-0.3, -0.25) is 9.59 Å². The molecule has 11 heteroatoms. The molecule has 1 fully saturated rings. The van der Waals surface area contributed by atoms with Crippen molar-refractivity contribution in [1.29, 1.82) is 0 Å². The summed E-state index contributed by atoms with van der Waals surface area (Å²) in [6.07, 6.45) is 77.5. The third-order valence-electron chi connectivity index (χ3n) is 17.0. The van der Waals surface area contributed by atoms with Crippen molar-refractivity contribution in [2.24, 2.45) is 0 Å². The molecule has 514 valence electrons. The Labute approximate surface area is 546 Å². The van der Waals surface area contributed by atoms with Gasteiger partial charge in [0.05, 0.1) is 25.4 Å². The molecule has 0 radical (unpaired) electrons. The molecule has 6 N–H and O–H groups in total. The molecular formula is C78H137NO10. The van der Waals surface area contributed by atoms with Crippen molar-refractivity contribution in [2.45, 2.75) is 372 Å². The SMILES string of the molecule is CC/C=C\C/C=C\C/C=C\C/C=C\C/C=C\C/C=C\CCCC(O)C(=O)NC(COC1OC(CO)C(O)C(O)C1OC(=O)CCCCCCCCCCCCCCCCCCC/C=C/CCCCCCCC)C(O)/C=C/CCCCCCCCCCCCC. The standard InChI is InChI=1S/C78H137NO10/c1-4-7-10-13-16-19-22-25-27-29-31-33-34-35-36-37-38-39-41-43-45-48-51-54-57-60-63-66-73(83)89-76-75(85)74(84)72(67-80)88-78(76)87-68-69(70(81)64-61-58-55-52-49-46-24-21-18-15-12-9-6-3)79-77(86)71(82)65-62-59-56-53-50-47-44-42-40-32-30-28-26-23-20-17-14-11-8-5-2/h8,11,17,20,25-28,32,40,44,47,53,56,61,64,69-72,74-76,78,80-82,84-85H,4-7,9-10,12-16,18-19,21-24,29-31,33-39,41-43,45-46,48-52,54-55,57-60,62-63,65-68H2,1-3H3,(H,79,86)/b11-8-,20-17-,27-25+,28-26-,40-32-,47-44-,56-53-,64-61+. The number of aliphatic hydroxyl groups is 5. The minimum atomic E-state index is -1.63. The summed E-state index contributed by atoms with van der Waals surface area (Å²) in [5, 5.41) is 57.2. The van der Waals surface area contributed by atoms with E-state index in [1.807, 2.05) is 12.2 Å². The lowest BCUT2D eigenvalue weighted by molar-refractivity contribution is -0.305. The number of unbranched alkanes of at least 4 members (excludes halogenated alkanes) is 35. The Morgan fingerprint density at radius 2 is 0.809 bits per heavy atom. The van der Waals surface area contributed by atoms with Gasteiger partial charge in [0.1, 0.15) is 24.4 Å². The highest BCUT2D eigenvalue weighted by atomic mass is 16.7. The normalized spacial score (nSPS) is 18.7. The summed E-state index contributed by atoms with van der Waals surface area (Å²) < 4.78 is 17.7. The van der Waals surface area contributed by atoms with Crippen LogP contribution in [0.15, 0.2) is 97.2 Å². The van der Waals surface area contributed by atoms with Crippen LogP contribution in [-0.4, -0.2) is 99.6 Å². The molecule has 89 heavy (non-hydrogen) atoms. The monoisotopic (exact) mass is 1250 g/mol. The van der Waals surface area contributed by atoms with Crippen LogP contribution in [0.2, 0.25) is 0 Å². The van der Waals surface area contributed by atoms with Crippen molar-refractivity contribution in [3.05, 3.63) is 97.2 Å². The fourth-order valence-electron chi connectivity index (χ4n) is 11.2. The zero-order valence-electron chi connectivity index (χ0n) is 57.3. The maximum absolute atomic E-state index is 13.5. The first-order chi connectivity index (χ1) is 43.7. The number of aliphatic hydroxyl groups excluding tert-OH is 5. The van der Waals surface area contributed by atoms with Crippen LogP contribution in [0.1, 0.15) is 323 Å². The lowest BCUT2D eigenvalue weighted by Gasteiger charge is -2.41. The van der Waals surface area contributed by atoms with E-state index in [4.69, 9.17) is 14.2 Å². The van der Waals surface area contributed by atoms with Gasteiger partial charge in [-0.15, -0.1) is 0 Å². The number of hydrogen-bond acceptors (Lipinski definition) is 10. The summed E-state index contributed by atoms with van der Waals surface area (Å²) >= 11 is 0. The highest BCUT2D eigenvalue weighted by Gasteiger charge is 2.47. The summed E-state index contributed by atoms with van der Waals surface area (Å²) in [4.78, 5) is 26.7. The number of carbonyl (C=O) groups excluding carboxylic acids is 2. The van der Waals surface area contributed by atoms with E-state index in [1.54, 1.807) is 6.08 Å². The van der Waals surface area contributed by atoms with Gasteiger partial charge >= 0.3 is 5.97 Å². The first kappa shape index (κ1) is 83.6. The molecule has 0 aliphatic carbocycles. The Hall–Kier alpha value is -3.42. The van der Waals surface area contributed by atoms with Crippen LogP contribution in [0.4, 0.5) is 0 Å². The predicted octanol–water partition coefficient (Wildman–Crippen LogP) is 19.4. The molecular weight excluding hydrogens is 1110 g/mol. The number of carbonyl (C=O) groups is 2. The quantitative estimate of drug-likeness (QED) is 0.0195. The van der Waals surface area contributed by atoms with E-state index in [2.05, 4.69) is 105 Å². The second kappa shape index (κ2) is 64.7. The summed E-state index contributed by atoms with van der Waals surface area (Å²) in [6.45, 7) is 5.68. The van der Waals surface area contributed by atoms with Gasteiger partial charge in [0, 0.05) is 6.42 Å². The Kier molecular flexibility index (Phi) is 60.7. The predicted molar refractivity (Wildman–Crippen MR) is 375 cm³/mol. The van der Waals surface area contributed by atoms with Crippen molar-refractivity contribution >= 4 is 11.9 Å². The van der Waals surface area contributed by atoms with Crippen molar-refractivity contribution in [3.8, 4) is 0 Å². The molecule has 8 atom stereocenters. The molecule has 0 bridgehead atoms. The fourth-order valence-corrected chi connectivity index (χ4v) is 11.2. The average Bonchev–Trinajstić information content (AvgIpc) is 3.14. The van der Waals surface area contributed by atoms with Gasteiger partial charge in [0.25, 0.3) is 0 Å². The number of amides is 1. The third kappa shape index (κ3) is 51.7. The second-order valence-corrected chi connectivity index (χ2v) is 25.3. The van der Waals surface area contributed by atoms with Crippen molar-refractivity contribution in [3.63, 3.8) is 0 Å². The van der Waals surface area contributed by atoms with Gasteiger partial charge in [0.2, 0.25) is 5.91 Å². The first-order valence-corrected chi connectivity index (χ1v) is 37.0. The fraction of sp³-hybridized carbons (Fsp3) is 0.769. The molecule has 8 unspecified atom stereocenters.